The number of nitrogens with one attached hydrogen (secondary N) is 3. The zero-order valence-corrected chi connectivity index (χ0v) is 10.4. The van der Waals surface area contributed by atoms with Crippen molar-refractivity contribution in [1.82, 2.24) is 10.6 Å². The van der Waals surface area contributed by atoms with Gasteiger partial charge >= 0.3 is 6.03 Å². The summed E-state index contributed by atoms with van der Waals surface area (Å²) in [7, 11) is 0. The van der Waals surface area contributed by atoms with E-state index in [1.165, 1.54) is 18.2 Å². The van der Waals surface area contributed by atoms with Crippen molar-refractivity contribution in [2.45, 2.75) is 25.3 Å². The van der Waals surface area contributed by atoms with Crippen molar-refractivity contribution >= 4 is 17.6 Å². The lowest BCUT2D eigenvalue weighted by atomic mass is 10.1. The summed E-state index contributed by atoms with van der Waals surface area (Å²) in [4.78, 5) is 22.9. The van der Waals surface area contributed by atoms with Gasteiger partial charge in [0.1, 0.15) is 5.82 Å². The van der Waals surface area contributed by atoms with Crippen molar-refractivity contribution in [3.63, 3.8) is 0 Å². The number of benzene rings is 1. The highest BCUT2D eigenvalue weighted by molar-refractivity contribution is 5.89. The molecule has 1 atom stereocenters. The average molecular weight is 265 g/mol. The van der Waals surface area contributed by atoms with E-state index in [1.807, 2.05) is 0 Å². The van der Waals surface area contributed by atoms with Crippen molar-refractivity contribution in [3.8, 4) is 0 Å². The van der Waals surface area contributed by atoms with E-state index in [1.54, 1.807) is 6.07 Å². The largest absolute Gasteiger partial charge is 0.356 e. The second-order valence-electron chi connectivity index (χ2n) is 4.48. The maximum absolute atomic E-state index is 13.0. The van der Waals surface area contributed by atoms with Crippen LogP contribution in [0.5, 0.6) is 0 Å². The van der Waals surface area contributed by atoms with Crippen LogP contribution in [-0.2, 0) is 4.79 Å². The Bertz CT molecular complexity index is 479. The topological polar surface area (TPSA) is 70.2 Å². The standard InChI is InChI=1S/C13H16FN3O2/c14-9-2-1-3-11(8-9)17-13(19)16-10-4-5-12(18)15-7-6-10/h1-3,8,10H,4-7H2,(H,15,18)(H2,16,17,19). The van der Waals surface area contributed by atoms with E-state index >= 15 is 0 Å². The van der Waals surface area contributed by atoms with Gasteiger partial charge in [0, 0.05) is 24.7 Å². The van der Waals surface area contributed by atoms with Gasteiger partial charge in [-0.15, -0.1) is 0 Å². The van der Waals surface area contributed by atoms with Crippen molar-refractivity contribution in [2.24, 2.45) is 0 Å². The molecular weight excluding hydrogens is 249 g/mol. The molecule has 0 spiro atoms. The minimum Gasteiger partial charge on any atom is -0.356 e. The monoisotopic (exact) mass is 265 g/mol. The van der Waals surface area contributed by atoms with Gasteiger partial charge in [0.25, 0.3) is 0 Å². The van der Waals surface area contributed by atoms with Gasteiger partial charge in [-0.1, -0.05) is 6.07 Å². The number of rotatable bonds is 2. The van der Waals surface area contributed by atoms with Gasteiger partial charge in [0.15, 0.2) is 0 Å². The van der Waals surface area contributed by atoms with E-state index in [4.69, 9.17) is 0 Å². The Kier molecular flexibility index (Phi) is 4.33. The fourth-order valence-electron chi connectivity index (χ4n) is 1.99. The van der Waals surface area contributed by atoms with Crippen LogP contribution in [0.15, 0.2) is 24.3 Å². The number of halogens is 1. The van der Waals surface area contributed by atoms with Crippen molar-refractivity contribution in [1.29, 1.82) is 0 Å². The van der Waals surface area contributed by atoms with E-state index in [2.05, 4.69) is 16.0 Å². The molecule has 0 aliphatic carbocycles. The average Bonchev–Trinajstić information content (AvgIpc) is 2.54. The summed E-state index contributed by atoms with van der Waals surface area (Å²) < 4.78 is 13.0. The Morgan fingerprint density at radius 2 is 2.21 bits per heavy atom. The number of anilines is 1. The second kappa shape index (κ2) is 6.17. The number of carbonyl (C=O) groups excluding carboxylic acids is 2. The molecule has 0 bridgehead atoms. The molecule has 1 aliphatic rings. The SMILES string of the molecule is O=C1CCC(NC(=O)Nc2cccc(F)c2)CCN1. The molecule has 1 fully saturated rings. The molecule has 1 heterocycles. The quantitative estimate of drug-likeness (QED) is 0.760. The maximum Gasteiger partial charge on any atom is 0.319 e. The molecule has 1 aromatic rings. The molecule has 3 N–H and O–H groups in total. The van der Waals surface area contributed by atoms with Gasteiger partial charge < -0.3 is 16.0 Å². The first-order valence-electron chi connectivity index (χ1n) is 6.23. The van der Waals surface area contributed by atoms with Crippen molar-refractivity contribution < 1.29 is 14.0 Å². The zero-order chi connectivity index (χ0) is 13.7. The molecule has 0 saturated carbocycles. The van der Waals surface area contributed by atoms with E-state index in [-0.39, 0.29) is 18.0 Å². The Morgan fingerprint density at radius 3 is 3.00 bits per heavy atom. The molecular formula is C13H16FN3O2. The third kappa shape index (κ3) is 4.24. The molecule has 1 aromatic carbocycles. The lowest BCUT2D eigenvalue weighted by Crippen LogP contribution is -2.38. The van der Waals surface area contributed by atoms with Gasteiger partial charge in [0.05, 0.1) is 0 Å². The number of hydrogen-bond donors (Lipinski definition) is 3. The Balaban J connectivity index is 1.85. The summed E-state index contributed by atoms with van der Waals surface area (Å²) in [5.74, 6) is -0.392. The van der Waals surface area contributed by atoms with Gasteiger partial charge in [-0.2, -0.15) is 0 Å². The summed E-state index contributed by atoms with van der Waals surface area (Å²) >= 11 is 0. The Morgan fingerprint density at radius 1 is 1.37 bits per heavy atom. The maximum atomic E-state index is 13.0. The van der Waals surface area contributed by atoms with Crippen LogP contribution in [0.1, 0.15) is 19.3 Å². The summed E-state index contributed by atoms with van der Waals surface area (Å²) in [6.45, 7) is 0.559. The molecule has 19 heavy (non-hydrogen) atoms. The van der Waals surface area contributed by atoms with Crippen LogP contribution >= 0.6 is 0 Å². The van der Waals surface area contributed by atoms with E-state index in [9.17, 15) is 14.0 Å². The van der Waals surface area contributed by atoms with Gasteiger partial charge in [0.2, 0.25) is 5.91 Å². The first kappa shape index (κ1) is 13.3. The molecule has 0 aromatic heterocycles. The van der Waals surface area contributed by atoms with Crippen molar-refractivity contribution in [2.75, 3.05) is 11.9 Å². The van der Waals surface area contributed by atoms with Gasteiger partial charge in [-0.25, -0.2) is 9.18 Å². The predicted octanol–water partition coefficient (Wildman–Crippen LogP) is 1.62. The fourth-order valence-corrected chi connectivity index (χ4v) is 1.99. The number of amides is 3. The van der Waals surface area contributed by atoms with Crippen LogP contribution in [0, 0.1) is 5.82 Å². The van der Waals surface area contributed by atoms with Crippen LogP contribution in [0.25, 0.3) is 0 Å². The first-order valence-corrected chi connectivity index (χ1v) is 6.23. The number of urea groups is 1. The van der Waals surface area contributed by atoms with Crippen LogP contribution in [0.4, 0.5) is 14.9 Å². The Labute approximate surface area is 110 Å². The third-order valence-corrected chi connectivity index (χ3v) is 2.95. The molecule has 5 nitrogen and oxygen atoms in total. The van der Waals surface area contributed by atoms with Crippen LogP contribution in [0.2, 0.25) is 0 Å². The summed E-state index contributed by atoms with van der Waals surface area (Å²) in [5.41, 5.74) is 0.403. The molecule has 0 radical (unpaired) electrons. The lowest BCUT2D eigenvalue weighted by molar-refractivity contribution is -0.120. The van der Waals surface area contributed by atoms with Crippen LogP contribution in [-0.4, -0.2) is 24.5 Å². The first-order chi connectivity index (χ1) is 9.13. The summed E-state index contributed by atoms with van der Waals surface area (Å²) in [6.07, 6.45) is 1.72. The highest BCUT2D eigenvalue weighted by Crippen LogP contribution is 2.10. The molecule has 1 unspecified atom stereocenters. The van der Waals surface area contributed by atoms with Crippen LogP contribution < -0.4 is 16.0 Å². The second-order valence-corrected chi connectivity index (χ2v) is 4.48. The molecule has 2 rings (SSSR count). The third-order valence-electron chi connectivity index (χ3n) is 2.95. The van der Waals surface area contributed by atoms with E-state index in [0.29, 0.717) is 31.5 Å². The summed E-state index contributed by atoms with van der Waals surface area (Å²) in [5, 5.41) is 8.09. The minimum atomic E-state index is -0.401. The molecule has 3 amide bonds. The van der Waals surface area contributed by atoms with Crippen molar-refractivity contribution in [3.05, 3.63) is 30.1 Å². The van der Waals surface area contributed by atoms with Gasteiger partial charge in [-0.05, 0) is 31.0 Å². The fraction of sp³-hybridized carbons (Fsp3) is 0.385. The smallest absolute Gasteiger partial charge is 0.319 e. The van der Waals surface area contributed by atoms with Gasteiger partial charge in [-0.3, -0.25) is 4.79 Å². The molecule has 1 aliphatic heterocycles. The Hall–Kier alpha value is -2.11. The highest BCUT2D eigenvalue weighted by atomic mass is 19.1. The number of hydrogen-bond acceptors (Lipinski definition) is 2. The zero-order valence-electron chi connectivity index (χ0n) is 10.4. The molecule has 6 heteroatoms. The van der Waals surface area contributed by atoms with E-state index in [0.717, 1.165) is 0 Å². The lowest BCUT2D eigenvalue weighted by Gasteiger charge is -2.16. The predicted molar refractivity (Wildman–Crippen MR) is 69.2 cm³/mol. The molecule has 1 saturated heterocycles. The normalized spacial score (nSPS) is 19.2. The van der Waals surface area contributed by atoms with Crippen LogP contribution in [0.3, 0.4) is 0 Å². The highest BCUT2D eigenvalue weighted by Gasteiger charge is 2.17. The molecule has 102 valence electrons. The van der Waals surface area contributed by atoms with E-state index < -0.39 is 5.82 Å². The summed E-state index contributed by atoms with van der Waals surface area (Å²) in [6, 6.07) is 5.26. The number of carbonyl (C=O) groups is 2. The minimum absolute atomic E-state index is 0.00911.